The highest BCUT2D eigenvalue weighted by Crippen LogP contribution is 2.18. The highest BCUT2D eigenvalue weighted by Gasteiger charge is 2.22. The summed E-state index contributed by atoms with van der Waals surface area (Å²) in [4.78, 5) is 14.3. The topological polar surface area (TPSA) is 106 Å². The van der Waals surface area contributed by atoms with E-state index in [1.807, 2.05) is 4.90 Å². The maximum Gasteiger partial charge on any atom is 0.317 e. The number of hydrogen-bond acceptors (Lipinski definition) is 6. The second-order valence-corrected chi connectivity index (χ2v) is 9.80. The van der Waals surface area contributed by atoms with Crippen LogP contribution >= 0.6 is 0 Å². The molecule has 8 nitrogen and oxygen atoms in total. The summed E-state index contributed by atoms with van der Waals surface area (Å²) in [6.07, 6.45) is 1.96. The molecule has 1 saturated heterocycles. The van der Waals surface area contributed by atoms with Crippen LogP contribution in [0.3, 0.4) is 0 Å². The zero-order valence-electron chi connectivity index (χ0n) is 22.0. The molecule has 0 aromatic heterocycles. The summed E-state index contributed by atoms with van der Waals surface area (Å²) in [5, 5.41) is 29.1. The van der Waals surface area contributed by atoms with Gasteiger partial charge in [-0.05, 0) is 85.5 Å². The Morgan fingerprint density at radius 3 is 2.33 bits per heavy atom. The first-order valence-corrected chi connectivity index (χ1v) is 13.4. The van der Waals surface area contributed by atoms with Crippen molar-refractivity contribution in [2.75, 3.05) is 38.1 Å². The Morgan fingerprint density at radius 1 is 0.974 bits per heavy atom. The molecule has 39 heavy (non-hydrogen) atoms. The Balaban J connectivity index is 1.08. The summed E-state index contributed by atoms with van der Waals surface area (Å²) in [7, 11) is 0. The number of anilines is 1. The summed E-state index contributed by atoms with van der Waals surface area (Å²) in [6, 6.07) is 21.2. The van der Waals surface area contributed by atoms with Crippen molar-refractivity contribution in [1.82, 2.24) is 15.5 Å². The van der Waals surface area contributed by atoms with Crippen LogP contribution in [0.4, 0.5) is 14.9 Å². The molecular formula is C30H37FN4O4. The Labute approximate surface area is 228 Å². The number of benzene rings is 3. The lowest BCUT2D eigenvalue weighted by Gasteiger charge is -2.33. The Bertz CT molecular complexity index is 1150. The molecule has 1 atom stereocenters. The minimum atomic E-state index is -0.627. The van der Waals surface area contributed by atoms with Crippen molar-refractivity contribution in [2.45, 2.75) is 38.0 Å². The SMILES string of the molecule is O=C(NCc1ccc(F)cc1)N1CCC(Nc2ccc(CCNCC(O)COc3ccc(O)cc3)cc2)CC1. The van der Waals surface area contributed by atoms with Crippen molar-refractivity contribution >= 4 is 11.7 Å². The number of carbonyl (C=O) groups is 1. The second-order valence-electron chi connectivity index (χ2n) is 9.80. The molecule has 0 radical (unpaired) electrons. The minimum absolute atomic E-state index is 0.0897. The van der Waals surface area contributed by atoms with E-state index in [2.05, 4.69) is 40.2 Å². The van der Waals surface area contributed by atoms with Gasteiger partial charge in [-0.2, -0.15) is 0 Å². The molecule has 1 fully saturated rings. The van der Waals surface area contributed by atoms with E-state index in [-0.39, 0.29) is 24.2 Å². The van der Waals surface area contributed by atoms with Crippen molar-refractivity contribution in [2.24, 2.45) is 0 Å². The average Bonchev–Trinajstić information content (AvgIpc) is 2.96. The van der Waals surface area contributed by atoms with Gasteiger partial charge in [0.2, 0.25) is 0 Å². The molecular weight excluding hydrogens is 499 g/mol. The zero-order chi connectivity index (χ0) is 27.5. The van der Waals surface area contributed by atoms with Crippen LogP contribution in [0.1, 0.15) is 24.0 Å². The first kappa shape index (κ1) is 28.2. The van der Waals surface area contributed by atoms with Crippen LogP contribution in [0.2, 0.25) is 0 Å². The fraction of sp³-hybridized carbons (Fsp3) is 0.367. The number of nitrogens with one attached hydrogen (secondary N) is 3. The normalized spacial score (nSPS) is 14.6. The van der Waals surface area contributed by atoms with Crippen molar-refractivity contribution in [3.8, 4) is 11.5 Å². The van der Waals surface area contributed by atoms with E-state index in [1.165, 1.54) is 17.7 Å². The van der Waals surface area contributed by atoms with Crippen LogP contribution in [0.15, 0.2) is 72.8 Å². The second kappa shape index (κ2) is 14.4. The van der Waals surface area contributed by atoms with Gasteiger partial charge < -0.3 is 35.8 Å². The standard InChI is InChI=1S/C30H37FN4O4/c31-24-5-1-23(2-6-24)19-33-30(38)35-17-14-26(15-18-35)34-25-7-3-22(4-8-25)13-16-32-20-28(37)21-39-29-11-9-27(36)10-12-29/h1-12,26,28,32,34,36-37H,13-21H2,(H,33,38). The monoisotopic (exact) mass is 536 g/mol. The predicted molar refractivity (Wildman–Crippen MR) is 149 cm³/mol. The number of phenols is 1. The van der Waals surface area contributed by atoms with Gasteiger partial charge in [-0.25, -0.2) is 9.18 Å². The number of phenolic OH excluding ortho intramolecular Hbond substituents is 1. The third-order valence-electron chi connectivity index (χ3n) is 6.71. The van der Waals surface area contributed by atoms with E-state index >= 15 is 0 Å². The summed E-state index contributed by atoms with van der Waals surface area (Å²) >= 11 is 0. The number of nitrogens with zero attached hydrogens (tertiary/aromatic N) is 1. The molecule has 0 saturated carbocycles. The molecule has 1 aliphatic heterocycles. The van der Waals surface area contributed by atoms with Gasteiger partial charge in [0, 0.05) is 37.9 Å². The molecule has 0 spiro atoms. The number of ether oxygens (including phenoxy) is 1. The van der Waals surface area contributed by atoms with Gasteiger partial charge in [0.25, 0.3) is 0 Å². The smallest absolute Gasteiger partial charge is 0.317 e. The number of carbonyl (C=O) groups excluding carboxylic acids is 1. The third kappa shape index (κ3) is 9.46. The van der Waals surface area contributed by atoms with E-state index < -0.39 is 6.10 Å². The van der Waals surface area contributed by atoms with Crippen molar-refractivity contribution in [1.29, 1.82) is 0 Å². The number of aliphatic hydroxyl groups excluding tert-OH is 1. The zero-order valence-corrected chi connectivity index (χ0v) is 22.0. The molecule has 3 aromatic rings. The molecule has 5 N–H and O–H groups in total. The van der Waals surface area contributed by atoms with Crippen LogP contribution in [0.25, 0.3) is 0 Å². The number of aromatic hydroxyl groups is 1. The lowest BCUT2D eigenvalue weighted by Crippen LogP contribution is -2.46. The highest BCUT2D eigenvalue weighted by molar-refractivity contribution is 5.74. The molecule has 2 amide bonds. The van der Waals surface area contributed by atoms with Crippen molar-refractivity contribution in [3.05, 3.63) is 89.7 Å². The summed E-state index contributed by atoms with van der Waals surface area (Å²) < 4.78 is 18.5. The molecule has 1 aliphatic rings. The van der Waals surface area contributed by atoms with Crippen molar-refractivity contribution < 1.29 is 24.1 Å². The largest absolute Gasteiger partial charge is 0.508 e. The molecule has 3 aromatic carbocycles. The number of likely N-dealkylation sites (tertiary alicyclic amines) is 1. The van der Waals surface area contributed by atoms with E-state index in [0.717, 1.165) is 37.1 Å². The fourth-order valence-corrected chi connectivity index (χ4v) is 4.42. The van der Waals surface area contributed by atoms with Gasteiger partial charge in [0.15, 0.2) is 0 Å². The first-order valence-electron chi connectivity index (χ1n) is 13.4. The molecule has 1 unspecified atom stereocenters. The summed E-state index contributed by atoms with van der Waals surface area (Å²) in [5.41, 5.74) is 3.14. The maximum atomic E-state index is 13.0. The van der Waals surface area contributed by atoms with Gasteiger partial charge in [0.05, 0.1) is 0 Å². The van der Waals surface area contributed by atoms with E-state index in [9.17, 15) is 19.4 Å². The van der Waals surface area contributed by atoms with Crippen LogP contribution in [0, 0.1) is 5.82 Å². The Morgan fingerprint density at radius 2 is 1.64 bits per heavy atom. The first-order chi connectivity index (χ1) is 18.9. The number of hydrogen-bond donors (Lipinski definition) is 5. The fourth-order valence-electron chi connectivity index (χ4n) is 4.42. The Hall–Kier alpha value is -3.82. The quantitative estimate of drug-likeness (QED) is 0.225. The minimum Gasteiger partial charge on any atom is -0.508 e. The van der Waals surface area contributed by atoms with Gasteiger partial charge >= 0.3 is 6.03 Å². The van der Waals surface area contributed by atoms with Gasteiger partial charge in [-0.15, -0.1) is 0 Å². The van der Waals surface area contributed by atoms with Crippen LogP contribution < -0.4 is 20.7 Å². The van der Waals surface area contributed by atoms with E-state index in [0.29, 0.717) is 38.0 Å². The van der Waals surface area contributed by atoms with Gasteiger partial charge in [-0.3, -0.25) is 0 Å². The third-order valence-corrected chi connectivity index (χ3v) is 6.71. The number of piperidine rings is 1. The summed E-state index contributed by atoms with van der Waals surface area (Å²) in [5.74, 6) is 0.500. The van der Waals surface area contributed by atoms with Crippen molar-refractivity contribution in [3.63, 3.8) is 0 Å². The number of halogens is 1. The van der Waals surface area contributed by atoms with E-state index in [1.54, 1.807) is 36.4 Å². The average molecular weight is 537 g/mol. The number of amides is 2. The number of urea groups is 1. The molecule has 208 valence electrons. The molecule has 9 heteroatoms. The highest BCUT2D eigenvalue weighted by atomic mass is 19.1. The molecule has 1 heterocycles. The maximum absolute atomic E-state index is 13.0. The molecule has 0 aliphatic carbocycles. The molecule has 4 rings (SSSR count). The van der Waals surface area contributed by atoms with Crippen LogP contribution in [0.5, 0.6) is 11.5 Å². The van der Waals surface area contributed by atoms with E-state index in [4.69, 9.17) is 4.74 Å². The van der Waals surface area contributed by atoms with Crippen LogP contribution in [-0.4, -0.2) is 66.1 Å². The Kier molecular flexibility index (Phi) is 10.4. The molecule has 0 bridgehead atoms. The lowest BCUT2D eigenvalue weighted by molar-refractivity contribution is 0.106. The van der Waals surface area contributed by atoms with Gasteiger partial charge in [-0.1, -0.05) is 24.3 Å². The lowest BCUT2D eigenvalue weighted by atomic mass is 10.0. The van der Waals surface area contributed by atoms with Gasteiger partial charge in [0.1, 0.15) is 30.0 Å². The predicted octanol–water partition coefficient (Wildman–Crippen LogP) is 3.89. The van der Waals surface area contributed by atoms with Crippen LogP contribution in [-0.2, 0) is 13.0 Å². The number of aliphatic hydroxyl groups is 1. The number of rotatable bonds is 12. The summed E-state index contributed by atoms with van der Waals surface area (Å²) in [6.45, 7) is 3.10.